The van der Waals surface area contributed by atoms with Gasteiger partial charge in [0.15, 0.2) is 0 Å². The van der Waals surface area contributed by atoms with Crippen molar-refractivity contribution in [1.29, 1.82) is 0 Å². The monoisotopic (exact) mass is 225 g/mol. The number of rotatable bonds is 7. The molecule has 0 spiro atoms. The molecule has 1 aromatic carbocycles. The van der Waals surface area contributed by atoms with Gasteiger partial charge in [-0.05, 0) is 44.0 Å². The van der Waals surface area contributed by atoms with E-state index < -0.39 is 0 Å². The fourth-order valence-electron chi connectivity index (χ4n) is 1.72. The van der Waals surface area contributed by atoms with Crippen molar-refractivity contribution in [2.75, 3.05) is 26.8 Å². The normalized spacial score (nSPS) is 12.7. The van der Waals surface area contributed by atoms with Gasteiger partial charge in [0.2, 0.25) is 0 Å². The molecule has 0 aromatic heterocycles. The highest BCUT2D eigenvalue weighted by Gasteiger charge is 2.08. The summed E-state index contributed by atoms with van der Waals surface area (Å²) in [5, 5.41) is 3.15. The Bertz CT molecular complexity index is 286. The van der Waals surface area contributed by atoms with Gasteiger partial charge in [0.05, 0.1) is 6.61 Å². The third kappa shape index (κ3) is 4.73. The molecule has 1 unspecified atom stereocenters. The molecule has 0 aliphatic heterocycles. The van der Waals surface area contributed by atoms with Crippen LogP contribution in [0.4, 0.5) is 4.39 Å². The van der Waals surface area contributed by atoms with Gasteiger partial charge in [-0.25, -0.2) is 4.39 Å². The van der Waals surface area contributed by atoms with Crippen LogP contribution in [0.25, 0.3) is 0 Å². The van der Waals surface area contributed by atoms with Gasteiger partial charge < -0.3 is 10.1 Å². The predicted molar refractivity (Wildman–Crippen MR) is 64.0 cm³/mol. The van der Waals surface area contributed by atoms with Gasteiger partial charge in [-0.3, -0.25) is 0 Å². The van der Waals surface area contributed by atoms with Crippen molar-refractivity contribution in [1.82, 2.24) is 5.32 Å². The molecular weight excluding hydrogens is 205 g/mol. The summed E-state index contributed by atoms with van der Waals surface area (Å²) >= 11 is 0. The van der Waals surface area contributed by atoms with Gasteiger partial charge in [-0.2, -0.15) is 0 Å². The van der Waals surface area contributed by atoms with E-state index in [9.17, 15) is 4.39 Å². The molecule has 0 aliphatic carbocycles. The quantitative estimate of drug-likeness (QED) is 0.768. The molecule has 3 heteroatoms. The van der Waals surface area contributed by atoms with Crippen LogP contribution in [-0.2, 0) is 11.2 Å². The van der Waals surface area contributed by atoms with Crippen molar-refractivity contribution in [3.05, 3.63) is 35.6 Å². The number of nitrogens with one attached hydrogen (secondary N) is 1. The molecule has 16 heavy (non-hydrogen) atoms. The van der Waals surface area contributed by atoms with Gasteiger partial charge in [-0.15, -0.1) is 0 Å². The van der Waals surface area contributed by atoms with Crippen LogP contribution >= 0.6 is 0 Å². The van der Waals surface area contributed by atoms with Gasteiger partial charge >= 0.3 is 0 Å². The molecule has 1 aromatic rings. The second-order valence-corrected chi connectivity index (χ2v) is 3.91. The zero-order chi connectivity index (χ0) is 11.8. The van der Waals surface area contributed by atoms with E-state index in [1.807, 2.05) is 26.1 Å². The molecular formula is C13H20FNO. The largest absolute Gasteiger partial charge is 0.381 e. The van der Waals surface area contributed by atoms with Crippen LogP contribution < -0.4 is 5.32 Å². The predicted octanol–water partition coefficient (Wildman–Crippen LogP) is 2.24. The summed E-state index contributed by atoms with van der Waals surface area (Å²) in [5.41, 5.74) is 1.15. The van der Waals surface area contributed by atoms with E-state index in [1.54, 1.807) is 0 Å². The second kappa shape index (κ2) is 7.36. The van der Waals surface area contributed by atoms with Crippen LogP contribution in [0.15, 0.2) is 24.3 Å². The van der Waals surface area contributed by atoms with E-state index in [1.165, 1.54) is 12.1 Å². The molecule has 1 N–H and O–H groups in total. The van der Waals surface area contributed by atoms with Crippen molar-refractivity contribution < 1.29 is 9.13 Å². The van der Waals surface area contributed by atoms with Gasteiger partial charge in [0, 0.05) is 13.2 Å². The summed E-state index contributed by atoms with van der Waals surface area (Å²) in [5.74, 6) is 0.258. The third-order valence-corrected chi connectivity index (χ3v) is 2.49. The molecule has 2 nitrogen and oxygen atoms in total. The van der Waals surface area contributed by atoms with Crippen molar-refractivity contribution in [3.8, 4) is 0 Å². The number of benzene rings is 1. The smallest absolute Gasteiger partial charge is 0.123 e. The van der Waals surface area contributed by atoms with E-state index in [-0.39, 0.29) is 5.82 Å². The summed E-state index contributed by atoms with van der Waals surface area (Å²) in [6.07, 6.45) is 0.918. The van der Waals surface area contributed by atoms with E-state index >= 15 is 0 Å². The molecule has 0 heterocycles. The molecule has 1 rings (SSSR count). The van der Waals surface area contributed by atoms with Crippen LogP contribution in [0.2, 0.25) is 0 Å². The van der Waals surface area contributed by atoms with Crippen LogP contribution in [0.1, 0.15) is 12.5 Å². The fourth-order valence-corrected chi connectivity index (χ4v) is 1.72. The van der Waals surface area contributed by atoms with E-state index in [0.29, 0.717) is 5.92 Å². The SMILES string of the molecule is CCOCC(CNC)Cc1ccc(F)cc1. The molecule has 90 valence electrons. The minimum absolute atomic E-state index is 0.182. The second-order valence-electron chi connectivity index (χ2n) is 3.91. The lowest BCUT2D eigenvalue weighted by molar-refractivity contribution is 0.110. The maximum absolute atomic E-state index is 12.7. The number of halogens is 1. The first-order valence-corrected chi connectivity index (χ1v) is 5.73. The highest BCUT2D eigenvalue weighted by molar-refractivity contribution is 5.16. The van der Waals surface area contributed by atoms with Crippen LogP contribution in [0.5, 0.6) is 0 Å². The van der Waals surface area contributed by atoms with Gasteiger partial charge in [0.1, 0.15) is 5.82 Å². The summed E-state index contributed by atoms with van der Waals surface area (Å²) in [6.45, 7) is 4.39. The van der Waals surface area contributed by atoms with Gasteiger partial charge in [-0.1, -0.05) is 12.1 Å². The Labute approximate surface area is 96.8 Å². The van der Waals surface area contributed by atoms with Crippen molar-refractivity contribution in [2.24, 2.45) is 5.92 Å². The van der Waals surface area contributed by atoms with Crippen molar-refractivity contribution in [3.63, 3.8) is 0 Å². The first kappa shape index (κ1) is 13.1. The first-order chi connectivity index (χ1) is 7.76. The number of ether oxygens (including phenoxy) is 1. The average Bonchev–Trinajstić information content (AvgIpc) is 2.29. The molecule has 0 radical (unpaired) electrons. The third-order valence-electron chi connectivity index (χ3n) is 2.49. The standard InChI is InChI=1S/C13H20FNO/c1-3-16-10-12(9-15-2)8-11-4-6-13(14)7-5-11/h4-7,12,15H,3,8-10H2,1-2H3. The maximum atomic E-state index is 12.7. The highest BCUT2D eigenvalue weighted by Crippen LogP contribution is 2.10. The van der Waals surface area contributed by atoms with E-state index in [0.717, 1.165) is 31.7 Å². The Morgan fingerprint density at radius 3 is 2.56 bits per heavy atom. The zero-order valence-corrected chi connectivity index (χ0v) is 10.0. The summed E-state index contributed by atoms with van der Waals surface area (Å²) in [7, 11) is 1.93. The van der Waals surface area contributed by atoms with Crippen LogP contribution in [-0.4, -0.2) is 26.8 Å². The minimum atomic E-state index is -0.182. The Morgan fingerprint density at radius 2 is 2.00 bits per heavy atom. The number of hydrogen-bond donors (Lipinski definition) is 1. The average molecular weight is 225 g/mol. The molecule has 0 bridgehead atoms. The highest BCUT2D eigenvalue weighted by atomic mass is 19.1. The minimum Gasteiger partial charge on any atom is -0.381 e. The Hall–Kier alpha value is -0.930. The summed E-state index contributed by atoms with van der Waals surface area (Å²) < 4.78 is 18.2. The summed E-state index contributed by atoms with van der Waals surface area (Å²) in [4.78, 5) is 0. The molecule has 1 atom stereocenters. The lowest BCUT2D eigenvalue weighted by Crippen LogP contribution is -2.25. The van der Waals surface area contributed by atoms with Crippen molar-refractivity contribution in [2.45, 2.75) is 13.3 Å². The first-order valence-electron chi connectivity index (χ1n) is 5.73. The lowest BCUT2D eigenvalue weighted by atomic mass is 10.00. The molecule has 0 saturated carbocycles. The molecule has 0 fully saturated rings. The van der Waals surface area contributed by atoms with Crippen LogP contribution in [0, 0.1) is 11.7 Å². The number of hydrogen-bond acceptors (Lipinski definition) is 2. The Balaban J connectivity index is 2.49. The topological polar surface area (TPSA) is 21.3 Å². The molecule has 0 amide bonds. The Kier molecular flexibility index (Phi) is 6.04. The lowest BCUT2D eigenvalue weighted by Gasteiger charge is -2.16. The van der Waals surface area contributed by atoms with Gasteiger partial charge in [0.25, 0.3) is 0 Å². The van der Waals surface area contributed by atoms with E-state index in [4.69, 9.17) is 4.74 Å². The van der Waals surface area contributed by atoms with Crippen LogP contribution in [0.3, 0.4) is 0 Å². The molecule has 0 aliphatic rings. The Morgan fingerprint density at radius 1 is 1.31 bits per heavy atom. The van der Waals surface area contributed by atoms with Crippen molar-refractivity contribution >= 4 is 0 Å². The summed E-state index contributed by atoms with van der Waals surface area (Å²) in [6, 6.07) is 6.69. The maximum Gasteiger partial charge on any atom is 0.123 e. The molecule has 0 saturated heterocycles. The fraction of sp³-hybridized carbons (Fsp3) is 0.538. The zero-order valence-electron chi connectivity index (χ0n) is 10.0. The van der Waals surface area contributed by atoms with E-state index in [2.05, 4.69) is 5.32 Å².